The summed E-state index contributed by atoms with van der Waals surface area (Å²) in [6.45, 7) is 2.52. The molecule has 0 radical (unpaired) electrons. The Morgan fingerprint density at radius 1 is 1.43 bits per heavy atom. The second-order valence-corrected chi connectivity index (χ2v) is 5.35. The van der Waals surface area contributed by atoms with Crippen LogP contribution >= 0.6 is 0 Å². The molecule has 1 aromatic heterocycles. The maximum Gasteiger partial charge on any atom is 0.271 e. The Kier molecular flexibility index (Phi) is 3.66. The third-order valence-corrected chi connectivity index (χ3v) is 3.90. The van der Waals surface area contributed by atoms with Gasteiger partial charge in [-0.1, -0.05) is 0 Å². The normalized spacial score (nSPS) is 18.9. The number of fused-ring (bicyclic) bond motifs is 1. The highest BCUT2D eigenvalue weighted by Gasteiger charge is 2.20. The summed E-state index contributed by atoms with van der Waals surface area (Å²) in [7, 11) is 0. The zero-order valence-electron chi connectivity index (χ0n) is 11.6. The number of nitrogens with two attached hydrogens (primary N) is 1. The number of hydrogen-bond acceptors (Lipinski definition) is 6. The average Bonchev–Trinajstić information content (AvgIpc) is 2.53. The van der Waals surface area contributed by atoms with Crippen LogP contribution in [0.25, 0.3) is 11.0 Å². The van der Waals surface area contributed by atoms with Gasteiger partial charge < -0.3 is 10.6 Å². The Bertz CT molecular complexity index is 675. The highest BCUT2D eigenvalue weighted by molar-refractivity contribution is 5.78. The van der Waals surface area contributed by atoms with Gasteiger partial charge in [0.05, 0.1) is 22.2 Å². The van der Waals surface area contributed by atoms with Gasteiger partial charge in [0.2, 0.25) is 0 Å². The lowest BCUT2D eigenvalue weighted by Crippen LogP contribution is -2.38. The number of nitrogens with zero attached hydrogens (tertiary/aromatic N) is 4. The number of nitro benzene ring substituents is 1. The largest absolute Gasteiger partial charge is 0.355 e. The minimum absolute atomic E-state index is 0.0331. The van der Waals surface area contributed by atoms with E-state index in [0.29, 0.717) is 23.5 Å². The molecular formula is C14H17N5O2. The Balaban J connectivity index is 1.90. The van der Waals surface area contributed by atoms with Crippen molar-refractivity contribution in [3.63, 3.8) is 0 Å². The van der Waals surface area contributed by atoms with E-state index in [2.05, 4.69) is 14.9 Å². The van der Waals surface area contributed by atoms with Crippen molar-refractivity contribution in [3.8, 4) is 0 Å². The van der Waals surface area contributed by atoms with Crippen molar-refractivity contribution in [3.05, 3.63) is 34.5 Å². The predicted molar refractivity (Wildman–Crippen MR) is 80.2 cm³/mol. The lowest BCUT2D eigenvalue weighted by molar-refractivity contribution is -0.384. The molecule has 1 saturated heterocycles. The summed E-state index contributed by atoms with van der Waals surface area (Å²) in [4.78, 5) is 21.4. The average molecular weight is 287 g/mol. The fourth-order valence-corrected chi connectivity index (χ4v) is 2.72. The number of nitro groups is 1. The van der Waals surface area contributed by atoms with E-state index < -0.39 is 4.92 Å². The SMILES string of the molecule is NCC1CCCN(c2cnc3cc([N+](=O)[O-])ccc3n2)C1. The fraction of sp³-hybridized carbons (Fsp3) is 0.429. The molecule has 1 fully saturated rings. The van der Waals surface area contributed by atoms with Gasteiger partial charge in [-0.25, -0.2) is 4.98 Å². The molecule has 2 heterocycles. The van der Waals surface area contributed by atoms with Crippen LogP contribution in [0.2, 0.25) is 0 Å². The van der Waals surface area contributed by atoms with E-state index in [4.69, 9.17) is 5.73 Å². The molecule has 0 aliphatic carbocycles. The smallest absolute Gasteiger partial charge is 0.271 e. The van der Waals surface area contributed by atoms with Gasteiger partial charge in [-0.15, -0.1) is 0 Å². The summed E-state index contributed by atoms with van der Waals surface area (Å²) in [5.41, 5.74) is 7.00. The van der Waals surface area contributed by atoms with Crippen LogP contribution in [0.5, 0.6) is 0 Å². The molecule has 1 unspecified atom stereocenters. The molecule has 3 rings (SSSR count). The van der Waals surface area contributed by atoms with E-state index >= 15 is 0 Å². The first-order valence-corrected chi connectivity index (χ1v) is 7.03. The van der Waals surface area contributed by atoms with Gasteiger partial charge in [0.25, 0.3) is 5.69 Å². The Morgan fingerprint density at radius 2 is 2.29 bits per heavy atom. The molecule has 7 heteroatoms. The third-order valence-electron chi connectivity index (χ3n) is 3.90. The molecule has 0 amide bonds. The van der Waals surface area contributed by atoms with Crippen molar-refractivity contribution in [2.75, 3.05) is 24.5 Å². The van der Waals surface area contributed by atoms with E-state index in [1.165, 1.54) is 12.1 Å². The summed E-state index contributed by atoms with van der Waals surface area (Å²) < 4.78 is 0. The number of aromatic nitrogens is 2. The van der Waals surface area contributed by atoms with Crippen molar-refractivity contribution in [1.29, 1.82) is 0 Å². The first-order chi connectivity index (χ1) is 10.2. The highest BCUT2D eigenvalue weighted by Crippen LogP contribution is 2.24. The Morgan fingerprint density at radius 3 is 3.05 bits per heavy atom. The van der Waals surface area contributed by atoms with Crippen molar-refractivity contribution in [2.24, 2.45) is 11.7 Å². The summed E-state index contributed by atoms with van der Waals surface area (Å²) >= 11 is 0. The lowest BCUT2D eigenvalue weighted by Gasteiger charge is -2.32. The van der Waals surface area contributed by atoms with Crippen LogP contribution in [0.4, 0.5) is 11.5 Å². The first-order valence-electron chi connectivity index (χ1n) is 7.03. The quantitative estimate of drug-likeness (QED) is 0.681. The molecule has 1 atom stereocenters. The molecule has 1 aromatic carbocycles. The van der Waals surface area contributed by atoms with E-state index in [-0.39, 0.29) is 5.69 Å². The number of rotatable bonds is 3. The molecular weight excluding hydrogens is 270 g/mol. The van der Waals surface area contributed by atoms with Gasteiger partial charge in [0.15, 0.2) is 0 Å². The van der Waals surface area contributed by atoms with Crippen molar-refractivity contribution in [1.82, 2.24) is 9.97 Å². The number of anilines is 1. The topological polar surface area (TPSA) is 98.2 Å². The van der Waals surface area contributed by atoms with Crippen molar-refractivity contribution < 1.29 is 4.92 Å². The first kappa shape index (κ1) is 13.7. The van der Waals surface area contributed by atoms with Crippen LogP contribution in [-0.2, 0) is 0 Å². The second kappa shape index (κ2) is 5.61. The molecule has 2 aromatic rings. The van der Waals surface area contributed by atoms with Crippen LogP contribution in [0.15, 0.2) is 24.4 Å². The number of hydrogen-bond donors (Lipinski definition) is 1. The fourth-order valence-electron chi connectivity index (χ4n) is 2.72. The van der Waals surface area contributed by atoms with E-state index in [1.807, 2.05) is 0 Å². The Labute approximate surface area is 121 Å². The third kappa shape index (κ3) is 2.78. The molecule has 2 N–H and O–H groups in total. The molecule has 1 aliphatic heterocycles. The van der Waals surface area contributed by atoms with Gasteiger partial charge in [-0.3, -0.25) is 15.1 Å². The van der Waals surface area contributed by atoms with Gasteiger partial charge in [-0.05, 0) is 31.4 Å². The minimum atomic E-state index is -0.425. The summed E-state index contributed by atoms with van der Waals surface area (Å²) in [5.74, 6) is 1.31. The van der Waals surface area contributed by atoms with Gasteiger partial charge >= 0.3 is 0 Å². The molecule has 7 nitrogen and oxygen atoms in total. The predicted octanol–water partition coefficient (Wildman–Crippen LogP) is 1.71. The van der Waals surface area contributed by atoms with Crippen LogP contribution in [0, 0.1) is 16.0 Å². The van der Waals surface area contributed by atoms with Gasteiger partial charge in [-0.2, -0.15) is 0 Å². The van der Waals surface area contributed by atoms with E-state index in [9.17, 15) is 10.1 Å². The minimum Gasteiger partial charge on any atom is -0.355 e. The van der Waals surface area contributed by atoms with Crippen LogP contribution < -0.4 is 10.6 Å². The lowest BCUT2D eigenvalue weighted by atomic mass is 9.98. The van der Waals surface area contributed by atoms with Crippen molar-refractivity contribution >= 4 is 22.5 Å². The number of non-ortho nitro benzene ring substituents is 1. The van der Waals surface area contributed by atoms with Crippen LogP contribution in [0.3, 0.4) is 0 Å². The number of piperidine rings is 1. The van der Waals surface area contributed by atoms with Crippen LogP contribution in [0.1, 0.15) is 12.8 Å². The van der Waals surface area contributed by atoms with Crippen molar-refractivity contribution in [2.45, 2.75) is 12.8 Å². The zero-order chi connectivity index (χ0) is 14.8. The summed E-state index contributed by atoms with van der Waals surface area (Å²) in [5, 5.41) is 10.8. The van der Waals surface area contributed by atoms with Gasteiger partial charge in [0, 0.05) is 25.2 Å². The highest BCUT2D eigenvalue weighted by atomic mass is 16.6. The summed E-state index contributed by atoms with van der Waals surface area (Å²) in [6.07, 6.45) is 3.94. The van der Waals surface area contributed by atoms with Gasteiger partial charge in [0.1, 0.15) is 5.82 Å². The maximum absolute atomic E-state index is 10.8. The monoisotopic (exact) mass is 287 g/mol. The molecule has 110 valence electrons. The van der Waals surface area contributed by atoms with E-state index in [0.717, 1.165) is 31.7 Å². The zero-order valence-corrected chi connectivity index (χ0v) is 11.6. The molecule has 21 heavy (non-hydrogen) atoms. The molecule has 1 aliphatic rings. The molecule has 0 bridgehead atoms. The number of benzene rings is 1. The maximum atomic E-state index is 10.8. The van der Waals surface area contributed by atoms with E-state index in [1.54, 1.807) is 12.3 Å². The Hall–Kier alpha value is -2.28. The second-order valence-electron chi connectivity index (χ2n) is 5.35. The summed E-state index contributed by atoms with van der Waals surface area (Å²) in [6, 6.07) is 4.55. The standard InChI is InChI=1S/C14H17N5O2/c15-7-10-2-1-5-18(9-10)14-8-16-13-6-11(19(20)21)3-4-12(13)17-14/h3-4,6,8,10H,1-2,5,7,9,15H2. The molecule has 0 spiro atoms. The van der Waals surface area contributed by atoms with Crippen LogP contribution in [-0.4, -0.2) is 34.5 Å². The molecule has 0 saturated carbocycles.